The second-order valence-corrected chi connectivity index (χ2v) is 13.9. The lowest BCUT2D eigenvalue weighted by atomic mass is 9.87. The maximum atomic E-state index is 14.8. The number of fused-ring (bicyclic) bond motifs is 4. The molecule has 3 aliphatic rings. The Morgan fingerprint density at radius 1 is 1.00 bits per heavy atom. The topological polar surface area (TPSA) is 103 Å². The number of nitrogens with zero attached hydrogens (tertiary/aromatic N) is 1. The van der Waals surface area contributed by atoms with Crippen molar-refractivity contribution in [2.75, 3.05) is 38.3 Å². The molecular formula is C23H36N2O7P2. The number of anilines is 1. The third-order valence-electron chi connectivity index (χ3n) is 7.18. The Balaban J connectivity index is 2.04. The molecule has 0 aromatic heterocycles. The van der Waals surface area contributed by atoms with Gasteiger partial charge in [-0.05, 0) is 60.1 Å². The minimum Gasteiger partial charge on any atom is -0.324 e. The molecular weight excluding hydrogens is 478 g/mol. The molecule has 0 aliphatic carbocycles. The Kier molecular flexibility index (Phi) is 7.22. The van der Waals surface area contributed by atoms with Gasteiger partial charge in [0.1, 0.15) is 5.54 Å². The van der Waals surface area contributed by atoms with Gasteiger partial charge in [-0.25, -0.2) is 0 Å². The van der Waals surface area contributed by atoms with E-state index >= 15 is 0 Å². The molecule has 9 nitrogen and oxygen atoms in total. The number of aryl methyl sites for hydroxylation is 1. The number of rotatable bonds is 10. The first kappa shape index (κ1) is 26.0. The third kappa shape index (κ3) is 3.43. The molecule has 4 rings (SSSR count). The second-order valence-electron chi connectivity index (χ2n) is 8.94. The normalized spacial score (nSPS) is 26.1. The number of hydrogen-bond acceptors (Lipinski definition) is 8. The summed E-state index contributed by atoms with van der Waals surface area (Å²) in [5.41, 5.74) is 1.34. The fourth-order valence-electron chi connectivity index (χ4n) is 6.13. The number of carbonyl (C=O) groups excluding carboxylic acids is 1. The van der Waals surface area contributed by atoms with E-state index in [4.69, 9.17) is 18.1 Å². The van der Waals surface area contributed by atoms with Crippen LogP contribution in [-0.4, -0.2) is 54.7 Å². The van der Waals surface area contributed by atoms with Crippen LogP contribution in [0.3, 0.4) is 0 Å². The summed E-state index contributed by atoms with van der Waals surface area (Å²) in [4.78, 5) is 14.2. The predicted molar refractivity (Wildman–Crippen MR) is 130 cm³/mol. The van der Waals surface area contributed by atoms with Crippen LogP contribution in [0.15, 0.2) is 18.2 Å². The van der Waals surface area contributed by atoms with Crippen LogP contribution in [-0.2, 0) is 37.6 Å². The molecule has 2 fully saturated rings. The van der Waals surface area contributed by atoms with Gasteiger partial charge in [-0.2, -0.15) is 0 Å². The van der Waals surface area contributed by atoms with Gasteiger partial charge in [0.25, 0.3) is 0 Å². The SMILES string of the molecule is CCOP(=O)(OCC)C1(P(=O)(OCC)OCC)CC2(C(=O)Nc3ccc(C)cc32)N2CCCC21. The zero-order valence-electron chi connectivity index (χ0n) is 20.7. The van der Waals surface area contributed by atoms with Crippen molar-refractivity contribution in [2.24, 2.45) is 0 Å². The Hall–Kier alpha value is -1.05. The van der Waals surface area contributed by atoms with Crippen molar-refractivity contribution in [1.82, 2.24) is 4.90 Å². The largest absolute Gasteiger partial charge is 0.350 e. The lowest BCUT2D eigenvalue weighted by molar-refractivity contribution is -0.126. The van der Waals surface area contributed by atoms with Crippen LogP contribution >= 0.6 is 15.2 Å². The standard InChI is InChI=1S/C23H36N2O7P2/c1-6-29-33(27,30-7-2)23(34(28,31-8-3)32-9-4)16-22(25-14-10-11-20(23)25)18-15-17(5)12-13-19(18)24-21(22)26/h12-13,15,20H,6-11,14,16H2,1-5H3,(H,24,26). The van der Waals surface area contributed by atoms with E-state index in [2.05, 4.69) is 10.2 Å². The van der Waals surface area contributed by atoms with Crippen molar-refractivity contribution < 1.29 is 32.0 Å². The quantitative estimate of drug-likeness (QED) is 0.423. The van der Waals surface area contributed by atoms with Gasteiger partial charge in [-0.3, -0.25) is 18.8 Å². The maximum Gasteiger partial charge on any atom is 0.350 e. The Labute approximate surface area is 201 Å². The van der Waals surface area contributed by atoms with Gasteiger partial charge >= 0.3 is 15.2 Å². The number of benzene rings is 1. The molecule has 34 heavy (non-hydrogen) atoms. The Morgan fingerprint density at radius 3 is 2.09 bits per heavy atom. The van der Waals surface area contributed by atoms with Gasteiger partial charge in [0.2, 0.25) is 5.91 Å². The zero-order valence-corrected chi connectivity index (χ0v) is 22.5. The van der Waals surface area contributed by atoms with Crippen LogP contribution in [0.1, 0.15) is 58.1 Å². The highest BCUT2D eigenvalue weighted by Crippen LogP contribution is 2.85. The maximum absolute atomic E-state index is 14.8. The molecule has 3 aliphatic heterocycles. The first-order chi connectivity index (χ1) is 16.2. The van der Waals surface area contributed by atoms with Crippen molar-refractivity contribution in [3.8, 4) is 0 Å². The highest BCUT2D eigenvalue weighted by atomic mass is 31.2. The van der Waals surface area contributed by atoms with Crippen molar-refractivity contribution >= 4 is 26.8 Å². The monoisotopic (exact) mass is 514 g/mol. The van der Waals surface area contributed by atoms with Gasteiger partial charge in [-0.1, -0.05) is 17.7 Å². The van der Waals surface area contributed by atoms with Crippen molar-refractivity contribution in [2.45, 2.75) is 70.4 Å². The van der Waals surface area contributed by atoms with E-state index in [1.54, 1.807) is 27.7 Å². The molecule has 2 saturated heterocycles. The number of nitrogens with one attached hydrogen (secondary N) is 1. The summed E-state index contributed by atoms with van der Waals surface area (Å²) in [6.45, 7) is 9.84. The van der Waals surface area contributed by atoms with Crippen LogP contribution in [0.2, 0.25) is 0 Å². The van der Waals surface area contributed by atoms with E-state index in [1.165, 1.54) is 0 Å². The summed E-state index contributed by atoms with van der Waals surface area (Å²) in [5, 5.41) is 3.02. The molecule has 0 bridgehead atoms. The lowest BCUT2D eigenvalue weighted by Crippen LogP contribution is -2.47. The van der Waals surface area contributed by atoms with Crippen molar-refractivity contribution in [3.05, 3.63) is 29.3 Å². The molecule has 2 unspecified atom stereocenters. The predicted octanol–water partition coefficient (Wildman–Crippen LogP) is 5.24. The summed E-state index contributed by atoms with van der Waals surface area (Å²) in [7, 11) is -8.22. The highest BCUT2D eigenvalue weighted by molar-refractivity contribution is 7.74. The van der Waals surface area contributed by atoms with E-state index in [1.807, 2.05) is 25.1 Å². The Morgan fingerprint density at radius 2 is 1.56 bits per heavy atom. The van der Waals surface area contributed by atoms with E-state index in [0.717, 1.165) is 17.5 Å². The molecule has 3 heterocycles. The van der Waals surface area contributed by atoms with Crippen LogP contribution in [0.4, 0.5) is 5.69 Å². The molecule has 190 valence electrons. The average Bonchev–Trinajstić information content (AvgIpc) is 3.44. The molecule has 2 atom stereocenters. The summed E-state index contributed by atoms with van der Waals surface area (Å²) in [6, 6.07) is 5.27. The van der Waals surface area contributed by atoms with Gasteiger partial charge < -0.3 is 23.4 Å². The van der Waals surface area contributed by atoms with Crippen molar-refractivity contribution in [3.63, 3.8) is 0 Å². The van der Waals surface area contributed by atoms with E-state index in [0.29, 0.717) is 18.7 Å². The van der Waals surface area contributed by atoms with Crippen LogP contribution < -0.4 is 5.32 Å². The number of hydrogen-bond donors (Lipinski definition) is 1. The molecule has 1 aromatic carbocycles. The van der Waals surface area contributed by atoms with E-state index in [9.17, 15) is 13.9 Å². The van der Waals surface area contributed by atoms with Crippen LogP contribution in [0.25, 0.3) is 0 Å². The molecule has 0 radical (unpaired) electrons. The molecule has 1 amide bonds. The summed E-state index contributed by atoms with van der Waals surface area (Å²) in [6.07, 6.45) is 1.28. The van der Waals surface area contributed by atoms with Gasteiger partial charge in [0, 0.05) is 23.7 Å². The molecule has 1 aromatic rings. The van der Waals surface area contributed by atoms with Gasteiger partial charge in [0.05, 0.1) is 26.4 Å². The first-order valence-electron chi connectivity index (χ1n) is 12.2. The summed E-state index contributed by atoms with van der Waals surface area (Å²) >= 11 is 0. The van der Waals surface area contributed by atoms with Gasteiger partial charge in [0.15, 0.2) is 4.90 Å². The van der Waals surface area contributed by atoms with Crippen molar-refractivity contribution in [1.29, 1.82) is 0 Å². The first-order valence-corrected chi connectivity index (χ1v) is 15.3. The third-order valence-corrected chi connectivity index (χ3v) is 13.9. The average molecular weight is 514 g/mol. The van der Waals surface area contributed by atoms with Crippen LogP contribution in [0.5, 0.6) is 0 Å². The zero-order chi connectivity index (χ0) is 24.8. The molecule has 0 saturated carbocycles. The van der Waals surface area contributed by atoms with E-state index in [-0.39, 0.29) is 38.8 Å². The fraction of sp³-hybridized carbons (Fsp3) is 0.696. The summed E-state index contributed by atoms with van der Waals surface area (Å²) < 4.78 is 53.1. The minimum absolute atomic E-state index is 0.0402. The number of amides is 1. The van der Waals surface area contributed by atoms with Gasteiger partial charge in [-0.15, -0.1) is 0 Å². The molecule has 1 N–H and O–H groups in total. The number of carbonyl (C=O) groups is 1. The smallest absolute Gasteiger partial charge is 0.324 e. The second kappa shape index (κ2) is 9.44. The fourth-order valence-corrected chi connectivity index (χ4v) is 12.5. The van der Waals surface area contributed by atoms with E-state index < -0.39 is 31.7 Å². The molecule has 1 spiro atoms. The van der Waals surface area contributed by atoms with Crippen LogP contribution in [0, 0.1) is 6.92 Å². The highest BCUT2D eigenvalue weighted by Gasteiger charge is 2.80. The Bertz CT molecular complexity index is 998. The minimum atomic E-state index is -4.11. The summed E-state index contributed by atoms with van der Waals surface area (Å²) in [5.74, 6) is -0.221. The lowest BCUT2D eigenvalue weighted by Gasteiger charge is -2.42. The molecule has 11 heteroatoms.